The number of hydrogen-bond acceptors (Lipinski definition) is 4. The van der Waals surface area contributed by atoms with E-state index in [0.29, 0.717) is 12.0 Å². The smallest absolute Gasteiger partial charge is 0.307 e. The summed E-state index contributed by atoms with van der Waals surface area (Å²) in [7, 11) is -3.38. The Morgan fingerprint density at radius 3 is 2.38 bits per heavy atom. The van der Waals surface area contributed by atoms with Crippen LogP contribution in [0.25, 0.3) is 0 Å². The zero-order valence-corrected chi connectivity index (χ0v) is 12.1. The van der Waals surface area contributed by atoms with Gasteiger partial charge in [0.1, 0.15) is 0 Å². The van der Waals surface area contributed by atoms with Gasteiger partial charge in [0, 0.05) is 12.4 Å². The van der Waals surface area contributed by atoms with E-state index in [9.17, 15) is 13.2 Å². The second kappa shape index (κ2) is 6.49. The normalized spacial score (nSPS) is 11.2. The first-order valence-corrected chi connectivity index (χ1v) is 8.05. The maximum atomic E-state index is 12.2. The molecule has 0 bridgehead atoms. The van der Waals surface area contributed by atoms with Crippen molar-refractivity contribution in [1.82, 2.24) is 4.98 Å². The van der Waals surface area contributed by atoms with Crippen molar-refractivity contribution in [3.05, 3.63) is 59.9 Å². The Balaban J connectivity index is 2.07. The molecule has 1 aromatic carbocycles. The number of aryl methyl sites for hydroxylation is 1. The van der Waals surface area contributed by atoms with Crippen LogP contribution < -0.4 is 0 Å². The quantitative estimate of drug-likeness (QED) is 0.878. The summed E-state index contributed by atoms with van der Waals surface area (Å²) in [5, 5.41) is 8.68. The third-order valence-corrected chi connectivity index (χ3v) is 4.75. The molecule has 0 saturated carbocycles. The molecule has 0 saturated heterocycles. The summed E-state index contributed by atoms with van der Waals surface area (Å²) < 4.78 is 24.4. The molecule has 1 N–H and O–H groups in total. The van der Waals surface area contributed by atoms with Crippen molar-refractivity contribution in [2.45, 2.75) is 17.7 Å². The number of hydrogen-bond donors (Lipinski definition) is 1. The fourth-order valence-corrected chi connectivity index (χ4v) is 3.20. The minimum absolute atomic E-state index is 0.00301. The number of carbonyl (C=O) groups is 1. The van der Waals surface area contributed by atoms with Crippen molar-refractivity contribution in [2.24, 2.45) is 0 Å². The molecule has 0 atom stereocenters. The van der Waals surface area contributed by atoms with Crippen molar-refractivity contribution in [3.8, 4) is 0 Å². The maximum absolute atomic E-state index is 12.2. The van der Waals surface area contributed by atoms with Crippen LogP contribution in [0.5, 0.6) is 0 Å². The van der Waals surface area contributed by atoms with Crippen LogP contribution in [-0.2, 0) is 27.5 Å². The number of sulfone groups is 1. The van der Waals surface area contributed by atoms with E-state index < -0.39 is 15.8 Å². The lowest BCUT2D eigenvalue weighted by atomic mass is 10.2. The molecule has 0 radical (unpaired) electrons. The number of pyridine rings is 1. The topological polar surface area (TPSA) is 84.3 Å². The van der Waals surface area contributed by atoms with Gasteiger partial charge in [-0.15, -0.1) is 0 Å². The number of carboxylic acid groups (broad SMARTS) is 1. The molecule has 110 valence electrons. The van der Waals surface area contributed by atoms with E-state index in [1.807, 2.05) is 6.07 Å². The number of benzene rings is 1. The summed E-state index contributed by atoms with van der Waals surface area (Å²) in [6, 6.07) is 9.57. The molecule has 0 amide bonds. The summed E-state index contributed by atoms with van der Waals surface area (Å²) in [6.07, 6.45) is 3.56. The van der Waals surface area contributed by atoms with E-state index in [4.69, 9.17) is 5.11 Å². The summed E-state index contributed by atoms with van der Waals surface area (Å²) in [5.41, 5.74) is 1.44. The van der Waals surface area contributed by atoms with Crippen molar-refractivity contribution in [3.63, 3.8) is 0 Å². The molecule has 5 nitrogen and oxygen atoms in total. The highest BCUT2D eigenvalue weighted by molar-refractivity contribution is 7.91. The molecule has 0 aliphatic rings. The van der Waals surface area contributed by atoms with Crippen LogP contribution in [0.2, 0.25) is 0 Å². The van der Waals surface area contributed by atoms with Crippen LogP contribution in [0, 0.1) is 0 Å². The lowest BCUT2D eigenvalue weighted by Crippen LogP contribution is -2.09. The van der Waals surface area contributed by atoms with E-state index >= 15 is 0 Å². The van der Waals surface area contributed by atoms with Gasteiger partial charge in [-0.1, -0.05) is 18.2 Å². The Morgan fingerprint density at radius 2 is 1.81 bits per heavy atom. The highest BCUT2D eigenvalue weighted by Gasteiger charge is 2.14. The summed E-state index contributed by atoms with van der Waals surface area (Å²) >= 11 is 0. The molecule has 2 rings (SSSR count). The number of carboxylic acids is 1. The molecule has 2 aromatic rings. The van der Waals surface area contributed by atoms with Gasteiger partial charge >= 0.3 is 5.97 Å². The van der Waals surface area contributed by atoms with Gasteiger partial charge < -0.3 is 5.11 Å². The Labute approximate surface area is 123 Å². The van der Waals surface area contributed by atoms with Crippen LogP contribution in [-0.4, -0.2) is 30.2 Å². The molecule has 6 heteroatoms. The highest BCUT2D eigenvalue weighted by atomic mass is 32.2. The van der Waals surface area contributed by atoms with E-state index in [1.165, 1.54) is 24.3 Å². The Morgan fingerprint density at radius 1 is 1.10 bits per heavy atom. The van der Waals surface area contributed by atoms with Crippen LogP contribution >= 0.6 is 0 Å². The molecule has 1 heterocycles. The maximum Gasteiger partial charge on any atom is 0.307 e. The van der Waals surface area contributed by atoms with Gasteiger partial charge in [-0.05, 0) is 35.7 Å². The van der Waals surface area contributed by atoms with Crippen LogP contribution in [0.4, 0.5) is 0 Å². The fourth-order valence-electron chi connectivity index (χ4n) is 1.91. The highest BCUT2D eigenvalue weighted by Crippen LogP contribution is 2.14. The molecule has 0 aliphatic carbocycles. The van der Waals surface area contributed by atoms with Crippen LogP contribution in [0.3, 0.4) is 0 Å². The molecule has 1 aromatic heterocycles. The molecule has 0 fully saturated rings. The van der Waals surface area contributed by atoms with Crippen molar-refractivity contribution in [1.29, 1.82) is 0 Å². The van der Waals surface area contributed by atoms with Gasteiger partial charge in [0.25, 0.3) is 0 Å². The predicted octanol–water partition coefficient (Wildman–Crippen LogP) is 1.73. The largest absolute Gasteiger partial charge is 0.481 e. The zero-order chi connectivity index (χ0) is 15.3. The minimum Gasteiger partial charge on any atom is -0.481 e. The lowest BCUT2D eigenvalue weighted by molar-refractivity contribution is -0.136. The van der Waals surface area contributed by atoms with E-state index in [0.717, 1.165) is 5.56 Å². The average molecular weight is 305 g/mol. The number of aliphatic carboxylic acids is 1. The zero-order valence-electron chi connectivity index (χ0n) is 11.3. The van der Waals surface area contributed by atoms with E-state index in [1.54, 1.807) is 18.5 Å². The lowest BCUT2D eigenvalue weighted by Gasteiger charge is -2.05. The standard InChI is InChI=1S/C15H15NO4S/c17-15(18)10-12-3-5-14(6-4-12)21(19,20)9-7-13-2-1-8-16-11-13/h1-6,8,11H,7,9-10H2,(H,17,18). The van der Waals surface area contributed by atoms with Crippen molar-refractivity contribution >= 4 is 15.8 Å². The first-order valence-electron chi connectivity index (χ1n) is 6.40. The first kappa shape index (κ1) is 15.2. The third-order valence-electron chi connectivity index (χ3n) is 3.02. The summed E-state index contributed by atoms with van der Waals surface area (Å²) in [6.45, 7) is 0. The monoisotopic (exact) mass is 305 g/mol. The van der Waals surface area contributed by atoms with Crippen molar-refractivity contribution < 1.29 is 18.3 Å². The Kier molecular flexibility index (Phi) is 4.70. The number of aromatic nitrogens is 1. The minimum atomic E-state index is -3.38. The van der Waals surface area contributed by atoms with Gasteiger partial charge in [0.15, 0.2) is 9.84 Å². The molecule has 0 aliphatic heterocycles. The summed E-state index contributed by atoms with van der Waals surface area (Å²) in [5.74, 6) is -0.945. The second-order valence-corrected chi connectivity index (χ2v) is 6.75. The van der Waals surface area contributed by atoms with Gasteiger partial charge in [-0.2, -0.15) is 0 Å². The Hall–Kier alpha value is -2.21. The molecule has 0 unspecified atom stereocenters. The SMILES string of the molecule is O=C(O)Cc1ccc(S(=O)(=O)CCc2cccnc2)cc1. The van der Waals surface area contributed by atoms with Gasteiger partial charge in [-0.25, -0.2) is 8.42 Å². The number of rotatable bonds is 6. The van der Waals surface area contributed by atoms with Crippen molar-refractivity contribution in [2.75, 3.05) is 5.75 Å². The molecular weight excluding hydrogens is 290 g/mol. The van der Waals surface area contributed by atoms with Crippen LogP contribution in [0.1, 0.15) is 11.1 Å². The number of nitrogens with zero attached hydrogens (tertiary/aromatic N) is 1. The third kappa shape index (κ3) is 4.39. The van der Waals surface area contributed by atoms with Gasteiger partial charge in [0.2, 0.25) is 0 Å². The van der Waals surface area contributed by atoms with Gasteiger partial charge in [-0.3, -0.25) is 9.78 Å². The Bertz CT molecular complexity index is 709. The average Bonchev–Trinajstić information content (AvgIpc) is 2.46. The van der Waals surface area contributed by atoms with Crippen LogP contribution in [0.15, 0.2) is 53.7 Å². The first-order chi connectivity index (χ1) is 9.97. The molecule has 21 heavy (non-hydrogen) atoms. The predicted molar refractivity (Wildman–Crippen MR) is 77.8 cm³/mol. The van der Waals surface area contributed by atoms with Gasteiger partial charge in [0.05, 0.1) is 17.1 Å². The summed E-state index contributed by atoms with van der Waals surface area (Å²) in [4.78, 5) is 14.7. The van der Waals surface area contributed by atoms with E-state index in [-0.39, 0.29) is 17.1 Å². The molecular formula is C15H15NO4S. The fraction of sp³-hybridized carbons (Fsp3) is 0.200. The second-order valence-electron chi connectivity index (χ2n) is 4.64. The van der Waals surface area contributed by atoms with E-state index in [2.05, 4.69) is 4.98 Å². The molecule has 0 spiro atoms.